The first-order valence-corrected chi connectivity index (χ1v) is 6.62. The Labute approximate surface area is 120 Å². The van der Waals surface area contributed by atoms with Gasteiger partial charge in [0.05, 0.1) is 30.8 Å². The zero-order valence-corrected chi connectivity index (χ0v) is 11.3. The number of aromatic nitrogens is 3. The minimum absolute atomic E-state index is 0.0267. The fraction of sp³-hybridized carbons (Fsp3) is 0.385. The van der Waals surface area contributed by atoms with Crippen molar-refractivity contribution in [2.75, 3.05) is 31.2 Å². The first-order valence-electron chi connectivity index (χ1n) is 6.62. The fourth-order valence-corrected chi connectivity index (χ4v) is 2.29. The highest BCUT2D eigenvalue weighted by atomic mass is 19.1. The van der Waals surface area contributed by atoms with E-state index in [0.717, 1.165) is 0 Å². The maximum absolute atomic E-state index is 14.3. The monoisotopic (exact) mass is 295 g/mol. The van der Waals surface area contributed by atoms with Crippen LogP contribution in [0.3, 0.4) is 0 Å². The van der Waals surface area contributed by atoms with Gasteiger partial charge in [-0.1, -0.05) is 5.21 Å². The lowest BCUT2D eigenvalue weighted by molar-refractivity contribution is 0.122. The van der Waals surface area contributed by atoms with Crippen LogP contribution in [0.1, 0.15) is 5.69 Å². The summed E-state index contributed by atoms with van der Waals surface area (Å²) in [5.74, 6) is -1.26. The third-order valence-electron chi connectivity index (χ3n) is 3.34. The number of anilines is 1. The average Bonchev–Trinajstić information content (AvgIpc) is 2.96. The summed E-state index contributed by atoms with van der Waals surface area (Å²) in [6, 6.07) is 2.48. The number of nitrogens with zero attached hydrogens (tertiary/aromatic N) is 4. The molecular weight excluding hydrogens is 280 g/mol. The van der Waals surface area contributed by atoms with Crippen molar-refractivity contribution in [2.45, 2.75) is 6.54 Å². The van der Waals surface area contributed by atoms with E-state index in [1.54, 1.807) is 11.1 Å². The molecule has 1 aromatic heterocycles. The van der Waals surface area contributed by atoms with Crippen molar-refractivity contribution in [3.63, 3.8) is 0 Å². The molecule has 0 spiro atoms. The average molecular weight is 295 g/mol. The highest BCUT2D eigenvalue weighted by molar-refractivity contribution is 5.54. The number of halogens is 2. The zero-order valence-electron chi connectivity index (χ0n) is 11.3. The first kappa shape index (κ1) is 13.9. The third-order valence-corrected chi connectivity index (χ3v) is 3.34. The van der Waals surface area contributed by atoms with Gasteiger partial charge in [-0.3, -0.25) is 0 Å². The molecule has 0 unspecified atom stereocenters. The third kappa shape index (κ3) is 2.72. The smallest absolute Gasteiger partial charge is 0.151 e. The summed E-state index contributed by atoms with van der Waals surface area (Å²) in [5, 5.41) is 7.60. The molecule has 1 aliphatic rings. The van der Waals surface area contributed by atoms with E-state index in [9.17, 15) is 8.78 Å². The highest BCUT2D eigenvalue weighted by Crippen LogP contribution is 2.27. The van der Waals surface area contributed by atoms with Crippen LogP contribution in [0.4, 0.5) is 14.5 Å². The Kier molecular flexibility index (Phi) is 3.80. The van der Waals surface area contributed by atoms with Crippen LogP contribution in [0, 0.1) is 11.6 Å². The van der Waals surface area contributed by atoms with E-state index in [4.69, 9.17) is 10.5 Å². The molecule has 1 aliphatic heterocycles. The topological polar surface area (TPSA) is 69.2 Å². The number of ether oxygens (including phenoxy) is 1. The maximum Gasteiger partial charge on any atom is 0.151 e. The van der Waals surface area contributed by atoms with E-state index in [1.165, 1.54) is 16.8 Å². The van der Waals surface area contributed by atoms with Crippen molar-refractivity contribution in [1.82, 2.24) is 15.0 Å². The van der Waals surface area contributed by atoms with Crippen LogP contribution in [0.2, 0.25) is 0 Å². The second kappa shape index (κ2) is 5.74. The van der Waals surface area contributed by atoms with E-state index in [-0.39, 0.29) is 17.9 Å². The Morgan fingerprint density at radius 1 is 1.19 bits per heavy atom. The SMILES string of the molecule is NCc1cn(-c2cc(F)c(N3CCOCC3)c(F)c2)nn1. The van der Waals surface area contributed by atoms with Crippen LogP contribution in [0.15, 0.2) is 18.3 Å². The summed E-state index contributed by atoms with van der Waals surface area (Å²) in [5.41, 5.74) is 6.24. The summed E-state index contributed by atoms with van der Waals surface area (Å²) in [7, 11) is 0. The zero-order chi connectivity index (χ0) is 14.8. The van der Waals surface area contributed by atoms with Gasteiger partial charge in [-0.25, -0.2) is 13.5 Å². The van der Waals surface area contributed by atoms with Gasteiger partial charge in [-0.2, -0.15) is 0 Å². The Morgan fingerprint density at radius 3 is 2.43 bits per heavy atom. The van der Waals surface area contributed by atoms with E-state index in [1.807, 2.05) is 0 Å². The standard InChI is InChI=1S/C13H15F2N5O/c14-11-5-10(20-8-9(7-16)17-18-20)6-12(15)13(11)19-1-3-21-4-2-19/h5-6,8H,1-4,7,16H2. The van der Waals surface area contributed by atoms with Crippen LogP contribution in [-0.2, 0) is 11.3 Å². The molecule has 0 amide bonds. The van der Waals surface area contributed by atoms with Crippen molar-refractivity contribution < 1.29 is 13.5 Å². The molecule has 1 saturated heterocycles. The van der Waals surface area contributed by atoms with Crippen molar-refractivity contribution >= 4 is 5.69 Å². The summed E-state index contributed by atoms with van der Waals surface area (Å²) in [6.45, 7) is 2.08. The van der Waals surface area contributed by atoms with Gasteiger partial charge in [-0.05, 0) is 0 Å². The predicted octanol–water partition coefficient (Wildman–Crippen LogP) is 0.841. The highest BCUT2D eigenvalue weighted by Gasteiger charge is 2.21. The minimum atomic E-state index is -0.628. The summed E-state index contributed by atoms with van der Waals surface area (Å²) in [4.78, 5) is 1.64. The van der Waals surface area contributed by atoms with Gasteiger partial charge >= 0.3 is 0 Å². The lowest BCUT2D eigenvalue weighted by Gasteiger charge is -2.29. The number of hydrogen-bond acceptors (Lipinski definition) is 5. The molecule has 0 radical (unpaired) electrons. The molecule has 0 bridgehead atoms. The lowest BCUT2D eigenvalue weighted by Crippen LogP contribution is -2.37. The van der Waals surface area contributed by atoms with Crippen molar-refractivity contribution in [2.24, 2.45) is 5.73 Å². The van der Waals surface area contributed by atoms with Gasteiger partial charge in [0.1, 0.15) is 5.69 Å². The molecule has 21 heavy (non-hydrogen) atoms. The molecule has 1 aromatic carbocycles. The molecule has 2 heterocycles. The number of nitrogens with two attached hydrogens (primary N) is 1. The Morgan fingerprint density at radius 2 is 1.86 bits per heavy atom. The first-order chi connectivity index (χ1) is 10.2. The molecular formula is C13H15F2N5O. The Balaban J connectivity index is 1.95. The number of hydrogen-bond donors (Lipinski definition) is 1. The molecule has 6 nitrogen and oxygen atoms in total. The molecule has 8 heteroatoms. The van der Waals surface area contributed by atoms with E-state index in [0.29, 0.717) is 32.0 Å². The van der Waals surface area contributed by atoms with Crippen molar-refractivity contribution in [3.8, 4) is 5.69 Å². The van der Waals surface area contributed by atoms with Crippen molar-refractivity contribution in [3.05, 3.63) is 35.7 Å². The maximum atomic E-state index is 14.3. The van der Waals surface area contributed by atoms with Crippen molar-refractivity contribution in [1.29, 1.82) is 0 Å². The summed E-state index contributed by atoms with van der Waals surface area (Å²) >= 11 is 0. The molecule has 0 aliphatic carbocycles. The summed E-state index contributed by atoms with van der Waals surface area (Å²) in [6.07, 6.45) is 1.54. The van der Waals surface area contributed by atoms with Gasteiger partial charge in [0.15, 0.2) is 11.6 Å². The molecule has 112 valence electrons. The van der Waals surface area contributed by atoms with Gasteiger partial charge in [0.25, 0.3) is 0 Å². The van der Waals surface area contributed by atoms with Crippen LogP contribution in [0.5, 0.6) is 0 Å². The molecule has 2 aromatic rings. The van der Waals surface area contributed by atoms with Crippen LogP contribution >= 0.6 is 0 Å². The fourth-order valence-electron chi connectivity index (χ4n) is 2.29. The molecule has 3 rings (SSSR count). The Bertz CT molecular complexity index is 616. The van der Waals surface area contributed by atoms with Gasteiger partial charge in [-0.15, -0.1) is 5.10 Å². The van der Waals surface area contributed by atoms with E-state index < -0.39 is 11.6 Å². The molecule has 1 fully saturated rings. The number of benzene rings is 1. The number of morpholine rings is 1. The molecule has 0 saturated carbocycles. The minimum Gasteiger partial charge on any atom is -0.378 e. The van der Waals surface area contributed by atoms with Gasteiger partial charge in [0.2, 0.25) is 0 Å². The largest absolute Gasteiger partial charge is 0.378 e. The van der Waals surface area contributed by atoms with Crippen LogP contribution in [-0.4, -0.2) is 41.3 Å². The second-order valence-corrected chi connectivity index (χ2v) is 4.72. The lowest BCUT2D eigenvalue weighted by atomic mass is 10.2. The predicted molar refractivity (Wildman–Crippen MR) is 72.2 cm³/mol. The van der Waals surface area contributed by atoms with Gasteiger partial charge < -0.3 is 15.4 Å². The second-order valence-electron chi connectivity index (χ2n) is 4.72. The normalized spacial score (nSPS) is 15.5. The quantitative estimate of drug-likeness (QED) is 0.909. The molecule has 2 N–H and O–H groups in total. The van der Waals surface area contributed by atoms with E-state index >= 15 is 0 Å². The van der Waals surface area contributed by atoms with E-state index in [2.05, 4.69) is 10.3 Å². The van der Waals surface area contributed by atoms with Crippen LogP contribution in [0.25, 0.3) is 5.69 Å². The molecule has 0 atom stereocenters. The van der Waals surface area contributed by atoms with Crippen LogP contribution < -0.4 is 10.6 Å². The Hall–Kier alpha value is -2.06. The van der Waals surface area contributed by atoms with Gasteiger partial charge in [0, 0.05) is 31.8 Å². The number of rotatable bonds is 3. The summed E-state index contributed by atoms with van der Waals surface area (Å²) < 4.78 is 35.0.